The highest BCUT2D eigenvalue weighted by atomic mass is 16.7. The fourth-order valence-electron chi connectivity index (χ4n) is 11.9. The van der Waals surface area contributed by atoms with Crippen LogP contribution in [0, 0.1) is 5.92 Å². The molecule has 4 saturated heterocycles. The van der Waals surface area contributed by atoms with Gasteiger partial charge in [0.2, 0.25) is 41.7 Å². The van der Waals surface area contributed by atoms with Crippen molar-refractivity contribution in [1.82, 2.24) is 42.1 Å². The number of hydrogen-bond donors (Lipinski definition) is 22. The van der Waals surface area contributed by atoms with Gasteiger partial charge in [0, 0.05) is 25.3 Å². The predicted octanol–water partition coefficient (Wildman–Crippen LogP) is -12.0. The Hall–Kier alpha value is -7.61. The lowest BCUT2D eigenvalue weighted by Crippen LogP contribution is -2.70. The van der Waals surface area contributed by atoms with Crippen molar-refractivity contribution in [2.75, 3.05) is 46.1 Å². The van der Waals surface area contributed by atoms with Crippen LogP contribution in [0.15, 0.2) is 64.6 Å². The highest BCUT2D eigenvalue weighted by Gasteiger charge is 2.55. The second-order valence-electron chi connectivity index (χ2n) is 24.6. The molecule has 38 nitrogen and oxygen atoms in total. The number of rotatable bonds is 20. The monoisotopic (exact) mass is 1380 g/mol. The van der Waals surface area contributed by atoms with E-state index < -0.39 is 246 Å². The first kappa shape index (κ1) is 75.2. The predicted molar refractivity (Wildman–Crippen MR) is 326 cm³/mol. The third-order valence-electron chi connectivity index (χ3n) is 17.3. The van der Waals surface area contributed by atoms with Gasteiger partial charge >= 0.3 is 5.97 Å². The molecule has 0 bridgehead atoms. The maximum atomic E-state index is 15.2. The van der Waals surface area contributed by atoms with Gasteiger partial charge in [-0.3, -0.25) is 38.6 Å². The van der Waals surface area contributed by atoms with Crippen LogP contribution in [-0.2, 0) is 63.7 Å². The third-order valence-corrected chi connectivity index (χ3v) is 17.3. The molecular weight excluding hydrogens is 1290 g/mol. The Morgan fingerprint density at radius 2 is 1.23 bits per heavy atom. The number of aliphatic hydroxyl groups is 13. The van der Waals surface area contributed by atoms with Gasteiger partial charge in [0.1, 0.15) is 115 Å². The molecule has 6 heterocycles. The van der Waals surface area contributed by atoms with Crippen molar-refractivity contribution < 1.29 is 128 Å². The minimum absolute atomic E-state index is 0.0863. The third kappa shape index (κ3) is 17.6. The molecule has 8 rings (SSSR count). The number of guanidine groups is 2. The summed E-state index contributed by atoms with van der Waals surface area (Å²) in [5, 5.41) is 160. The van der Waals surface area contributed by atoms with Gasteiger partial charge in [-0.1, -0.05) is 63.2 Å². The molecule has 2 aromatic rings. The standard InChI is InChI=1S/C59H86N12O26/c1-22(2)13-35(77)96-49-42(81)32(20-74)94-57(47(49)86)97-48-33(21-75)95-56(46(85)44(48)83)92-26-11-9-24(10-12-26)14-27-51(88)69-37(39(78)28-15-63-58(60)67-28)54(91)70-38(40(79)30-16-64-59(61)71(30)55-45(84)43(82)41(80)31(19-73)93-55)53(90)66-29(18-72)50(87)62-17-34(76)68-36(52(89)65-27)23(3)25-7-5-4-6-8-25/h4-12,22-23,27-33,36-49,55-57,72-75,78-86H,13-21H2,1-3H3,(H2,61,64)(H,62,87)(H,65,89)(H,66,90)(H,68,76)(H,69,88)(H,70,91)(H3,60,63,67)/t23-,27+,28-,29-,30-,31+,32+,33+,36-,37-,38+,39-,40-,41+,42+,43-,44+,45-,46-,47-,48+,49-,55-,56-,57+/m0/s1. The van der Waals surface area contributed by atoms with Crippen LogP contribution in [-0.4, -0.2) is 317 Å². The fraction of sp³-hybridized carbons (Fsp3) is 0.644. The van der Waals surface area contributed by atoms with Crippen molar-refractivity contribution in [3.63, 3.8) is 0 Å². The Labute approximate surface area is 553 Å². The minimum atomic E-state index is -2.36. The number of nitrogens with two attached hydrogens (primary N) is 2. The first-order valence-electron chi connectivity index (χ1n) is 31.2. The van der Waals surface area contributed by atoms with Crippen molar-refractivity contribution in [2.24, 2.45) is 27.4 Å². The minimum Gasteiger partial charge on any atom is -0.462 e. The maximum absolute atomic E-state index is 15.2. The fourth-order valence-corrected chi connectivity index (χ4v) is 11.9. The Bertz CT molecular complexity index is 3100. The van der Waals surface area contributed by atoms with Crippen LogP contribution >= 0.6 is 0 Å². The molecule has 97 heavy (non-hydrogen) atoms. The SMILES string of the molecule is CC(C)CC(=O)O[C@@H]1[C@H](O)[C@@H](O[C@H]2[C@H](O)[C@H](O)[C@@H](Oc3ccc(C[C@H]4NC(=O)[C@H]([C@@H](C)c5ccccc5)NC(=O)CNC(=O)[C@H](CO)NC(=O)[C@@H]([C@@H](O)[C@@H]5CN=C(N)N5[C@H]5O[C@H](CO)[C@@H](O)[C@H](O)[C@@H]5O)NC(=O)[C@H]([C@@H](O)[C@@H]5CNC(N)=N5)NC4=O)cc3)O[C@@H]2CO)O[C@H](CO)[C@H]1O. The summed E-state index contributed by atoms with van der Waals surface area (Å²) in [4.78, 5) is 109. The second kappa shape index (κ2) is 33.3. The zero-order valence-corrected chi connectivity index (χ0v) is 52.7. The van der Waals surface area contributed by atoms with E-state index in [1.54, 1.807) is 51.1 Å². The van der Waals surface area contributed by atoms with Gasteiger partial charge < -0.3 is 148 Å². The zero-order valence-electron chi connectivity index (χ0n) is 52.7. The number of aliphatic hydroxyl groups excluding tert-OH is 13. The molecule has 0 radical (unpaired) electrons. The van der Waals surface area contributed by atoms with Gasteiger partial charge in [0.05, 0.1) is 51.6 Å². The first-order valence-corrected chi connectivity index (χ1v) is 31.2. The van der Waals surface area contributed by atoms with E-state index in [0.717, 1.165) is 4.90 Å². The van der Waals surface area contributed by atoms with E-state index in [4.69, 9.17) is 39.9 Å². The summed E-state index contributed by atoms with van der Waals surface area (Å²) in [5.74, 6) is -10.0. The highest BCUT2D eigenvalue weighted by Crippen LogP contribution is 2.33. The van der Waals surface area contributed by atoms with E-state index in [0.29, 0.717) is 5.56 Å². The Morgan fingerprint density at radius 3 is 1.86 bits per heavy atom. The number of nitrogens with zero attached hydrogens (tertiary/aromatic N) is 3. The normalized spacial score (nSPS) is 35.9. The number of ether oxygens (including phenoxy) is 6. The summed E-state index contributed by atoms with van der Waals surface area (Å²) in [7, 11) is 0. The van der Waals surface area contributed by atoms with Crippen LogP contribution in [0.1, 0.15) is 44.2 Å². The number of benzene rings is 2. The van der Waals surface area contributed by atoms with Crippen molar-refractivity contribution >= 4 is 53.3 Å². The average Bonchev–Trinajstić information content (AvgIpc) is 1.76. The highest BCUT2D eigenvalue weighted by molar-refractivity contribution is 5.98. The van der Waals surface area contributed by atoms with Crippen LogP contribution in [0.25, 0.3) is 0 Å². The van der Waals surface area contributed by atoms with E-state index in [1.165, 1.54) is 24.3 Å². The summed E-state index contributed by atoms with van der Waals surface area (Å²) in [6, 6.07) is 0.644. The van der Waals surface area contributed by atoms with Crippen molar-refractivity contribution in [1.29, 1.82) is 0 Å². The van der Waals surface area contributed by atoms with Crippen molar-refractivity contribution in [3.05, 3.63) is 65.7 Å². The average molecular weight is 1380 g/mol. The lowest BCUT2D eigenvalue weighted by molar-refractivity contribution is -0.353. The summed E-state index contributed by atoms with van der Waals surface area (Å²) in [6.07, 6.45) is -32.0. The molecule has 2 aromatic carbocycles. The first-order chi connectivity index (χ1) is 46.1. The van der Waals surface area contributed by atoms with Crippen LogP contribution in [0.3, 0.4) is 0 Å². The number of nitrogens with one attached hydrogen (secondary N) is 7. The Morgan fingerprint density at radius 1 is 0.619 bits per heavy atom. The second-order valence-corrected chi connectivity index (χ2v) is 24.6. The molecule has 25 atom stereocenters. The van der Waals surface area contributed by atoms with Gasteiger partial charge in [0.15, 0.2) is 30.5 Å². The van der Waals surface area contributed by atoms with E-state index in [-0.39, 0.29) is 36.2 Å². The van der Waals surface area contributed by atoms with Gasteiger partial charge in [-0.05, 0) is 29.2 Å². The number of aliphatic imine (C=N–C) groups is 2. The quantitative estimate of drug-likeness (QED) is 0.0547. The summed E-state index contributed by atoms with van der Waals surface area (Å²) in [5.41, 5.74) is 12.8. The van der Waals surface area contributed by atoms with Gasteiger partial charge in [0.25, 0.3) is 0 Å². The Kier molecular flexibility index (Phi) is 25.8. The molecule has 24 N–H and O–H groups in total. The molecule has 4 fully saturated rings. The van der Waals surface area contributed by atoms with Crippen LogP contribution in [0.5, 0.6) is 5.75 Å². The van der Waals surface area contributed by atoms with E-state index in [9.17, 15) is 90.4 Å². The largest absolute Gasteiger partial charge is 0.462 e. The summed E-state index contributed by atoms with van der Waals surface area (Å²) in [6.45, 7) is -0.535. The molecule has 0 saturated carbocycles. The van der Waals surface area contributed by atoms with Crippen molar-refractivity contribution in [2.45, 2.75) is 186 Å². The van der Waals surface area contributed by atoms with Crippen molar-refractivity contribution in [3.8, 4) is 5.75 Å². The lowest BCUT2D eigenvalue weighted by atomic mass is 9.92. The maximum Gasteiger partial charge on any atom is 0.306 e. The lowest BCUT2D eigenvalue weighted by Gasteiger charge is -2.46. The molecule has 538 valence electrons. The molecular formula is C59H86N12O26. The molecule has 6 aliphatic rings. The van der Waals surface area contributed by atoms with E-state index >= 15 is 9.59 Å². The smallest absolute Gasteiger partial charge is 0.306 e. The van der Waals surface area contributed by atoms with Crippen LogP contribution in [0.4, 0.5) is 0 Å². The molecule has 0 unspecified atom stereocenters. The number of amides is 6. The van der Waals surface area contributed by atoms with E-state index in [2.05, 4.69) is 47.2 Å². The molecule has 0 spiro atoms. The number of esters is 1. The van der Waals surface area contributed by atoms with Gasteiger partial charge in [-0.25, -0.2) is 4.99 Å². The number of carbonyl (C=O) groups excluding carboxylic acids is 7. The van der Waals surface area contributed by atoms with Gasteiger partial charge in [-0.2, -0.15) is 0 Å². The summed E-state index contributed by atoms with van der Waals surface area (Å²) < 4.78 is 34.1. The zero-order chi connectivity index (χ0) is 70.9. The van der Waals surface area contributed by atoms with Crippen LogP contribution < -0.4 is 53.4 Å². The number of hydrogen-bond acceptors (Lipinski definition) is 32. The van der Waals surface area contributed by atoms with Crippen LogP contribution in [0.2, 0.25) is 0 Å². The number of carbonyl (C=O) groups is 7. The molecule has 6 aliphatic heterocycles. The van der Waals surface area contributed by atoms with Gasteiger partial charge in [-0.15, -0.1) is 0 Å². The molecule has 0 aliphatic carbocycles. The molecule has 0 aromatic heterocycles. The van der Waals surface area contributed by atoms with E-state index in [1.807, 2.05) is 0 Å². The topological polar surface area (TPSA) is 602 Å². The molecule has 38 heteroatoms. The molecule has 6 amide bonds. The Balaban J connectivity index is 1.09. The summed E-state index contributed by atoms with van der Waals surface area (Å²) >= 11 is 0.